The van der Waals surface area contributed by atoms with Crippen LogP contribution < -0.4 is 5.32 Å². The van der Waals surface area contributed by atoms with Crippen molar-refractivity contribution in [2.24, 2.45) is 22.7 Å². The maximum absolute atomic E-state index is 14.3. The molecule has 2 heterocycles. The van der Waals surface area contributed by atoms with E-state index >= 15 is 0 Å². The number of nitrogens with one attached hydrogen (secondary N) is 1. The van der Waals surface area contributed by atoms with Crippen LogP contribution in [0, 0.1) is 22.7 Å². The Morgan fingerprint density at radius 2 is 1.88 bits per heavy atom. The summed E-state index contributed by atoms with van der Waals surface area (Å²) in [5, 5.41) is 32.1. The minimum absolute atomic E-state index is 0.0156. The molecule has 4 N–H and O–H groups in total. The highest BCUT2D eigenvalue weighted by Gasteiger charge is 2.72. The number of halogens is 3. The largest absolute Gasteiger partial charge is 0.506 e. The molecule has 2 aromatic carbocycles. The van der Waals surface area contributed by atoms with Gasteiger partial charge in [0, 0.05) is 23.3 Å². The Morgan fingerprint density at radius 1 is 1.14 bits per heavy atom. The van der Waals surface area contributed by atoms with E-state index in [1.165, 1.54) is 12.1 Å². The van der Waals surface area contributed by atoms with Gasteiger partial charge in [0.05, 0.1) is 17.3 Å². The fraction of sp³-hybridized carbons (Fsp3) is 0.452. The summed E-state index contributed by atoms with van der Waals surface area (Å²) in [7, 11) is 0. The van der Waals surface area contributed by atoms with Crippen molar-refractivity contribution in [2.75, 3.05) is 5.32 Å². The second-order valence-corrected chi connectivity index (χ2v) is 12.6. The fourth-order valence-corrected chi connectivity index (χ4v) is 8.35. The quantitative estimate of drug-likeness (QED) is 0.316. The van der Waals surface area contributed by atoms with Crippen LogP contribution in [0.15, 0.2) is 42.5 Å². The maximum Gasteiger partial charge on any atom is 0.416 e. The molecule has 0 aromatic heterocycles. The first kappa shape index (κ1) is 28.3. The van der Waals surface area contributed by atoms with Crippen LogP contribution in [-0.4, -0.2) is 44.7 Å². The van der Waals surface area contributed by atoms with Gasteiger partial charge in [-0.2, -0.15) is 13.2 Å². The summed E-state index contributed by atoms with van der Waals surface area (Å²) >= 11 is 0. The SMILES string of the molecule is C[C@]12C[C@@]34C=C(c5cccc(C(F)(F)F)c5)C(=O)[C@@](C)(CCC(=O)Nc5c(O)ccc(C(=O)O)c5O)[C@@H]3[C@H](C[C@H]1C4)O2. The van der Waals surface area contributed by atoms with Crippen LogP contribution in [-0.2, 0) is 20.5 Å². The zero-order valence-corrected chi connectivity index (χ0v) is 22.9. The smallest absolute Gasteiger partial charge is 0.416 e. The van der Waals surface area contributed by atoms with Crippen molar-refractivity contribution < 1.29 is 47.6 Å². The van der Waals surface area contributed by atoms with Gasteiger partial charge >= 0.3 is 12.1 Å². The molecule has 0 unspecified atom stereocenters. The number of carbonyl (C=O) groups is 3. The summed E-state index contributed by atoms with van der Waals surface area (Å²) in [6.07, 6.45) is -1.09. The number of hydrogen-bond acceptors (Lipinski definition) is 6. The minimum Gasteiger partial charge on any atom is -0.506 e. The average Bonchev–Trinajstić information content (AvgIpc) is 3.27. The second-order valence-electron chi connectivity index (χ2n) is 12.6. The molecule has 42 heavy (non-hydrogen) atoms. The normalized spacial score (nSPS) is 32.9. The predicted octanol–water partition coefficient (Wildman–Crippen LogP) is 5.78. The average molecular weight is 586 g/mol. The zero-order valence-electron chi connectivity index (χ0n) is 22.9. The van der Waals surface area contributed by atoms with E-state index in [0.717, 1.165) is 37.1 Å². The van der Waals surface area contributed by atoms with Crippen molar-refractivity contribution in [1.29, 1.82) is 0 Å². The highest BCUT2D eigenvalue weighted by Crippen LogP contribution is 2.72. The molecule has 7 rings (SSSR count). The van der Waals surface area contributed by atoms with E-state index in [1.54, 1.807) is 6.92 Å². The number of ketones is 1. The van der Waals surface area contributed by atoms with Gasteiger partial charge in [-0.15, -0.1) is 0 Å². The number of carboxylic acids is 1. The molecule has 222 valence electrons. The van der Waals surface area contributed by atoms with E-state index in [-0.39, 0.29) is 53.3 Å². The van der Waals surface area contributed by atoms with Gasteiger partial charge in [0.2, 0.25) is 5.91 Å². The van der Waals surface area contributed by atoms with Crippen LogP contribution in [0.2, 0.25) is 0 Å². The van der Waals surface area contributed by atoms with Gasteiger partial charge < -0.3 is 25.4 Å². The van der Waals surface area contributed by atoms with Crippen LogP contribution in [0.5, 0.6) is 11.5 Å². The van der Waals surface area contributed by atoms with Crippen LogP contribution >= 0.6 is 0 Å². The summed E-state index contributed by atoms with van der Waals surface area (Å²) in [5.74, 6) is -3.90. The number of carboxylic acid groups (broad SMARTS) is 1. The molecule has 2 saturated heterocycles. The molecule has 4 bridgehead atoms. The van der Waals surface area contributed by atoms with Gasteiger partial charge in [-0.1, -0.05) is 25.1 Å². The van der Waals surface area contributed by atoms with E-state index in [2.05, 4.69) is 5.32 Å². The number of hydrogen-bond donors (Lipinski definition) is 4. The summed E-state index contributed by atoms with van der Waals surface area (Å²) < 4.78 is 47.2. The number of alkyl halides is 3. The number of rotatable bonds is 6. The first-order valence-corrected chi connectivity index (χ1v) is 13.8. The van der Waals surface area contributed by atoms with Gasteiger partial charge in [-0.05, 0) is 73.8 Å². The first-order chi connectivity index (χ1) is 19.6. The number of benzene rings is 2. The number of carbonyl (C=O) groups excluding carboxylic acids is 2. The third-order valence-corrected chi connectivity index (χ3v) is 10.0. The number of phenols is 2. The van der Waals surface area contributed by atoms with E-state index in [9.17, 15) is 42.9 Å². The van der Waals surface area contributed by atoms with Crippen LogP contribution in [0.4, 0.5) is 18.9 Å². The Labute approximate surface area is 239 Å². The fourth-order valence-electron chi connectivity index (χ4n) is 8.35. The summed E-state index contributed by atoms with van der Waals surface area (Å²) in [6.45, 7) is 3.79. The van der Waals surface area contributed by atoms with Crippen LogP contribution in [0.25, 0.3) is 5.57 Å². The van der Waals surface area contributed by atoms with Crippen molar-refractivity contribution in [2.45, 2.75) is 63.8 Å². The van der Waals surface area contributed by atoms with E-state index < -0.39 is 57.2 Å². The van der Waals surface area contributed by atoms with Crippen LogP contribution in [0.1, 0.15) is 67.4 Å². The second kappa shape index (κ2) is 9.07. The van der Waals surface area contributed by atoms with Crippen molar-refractivity contribution in [3.63, 3.8) is 0 Å². The Hall–Kier alpha value is -3.86. The molecule has 2 aliphatic heterocycles. The number of aromatic hydroxyl groups is 2. The van der Waals surface area contributed by atoms with Crippen molar-refractivity contribution in [1.82, 2.24) is 0 Å². The Morgan fingerprint density at radius 3 is 2.55 bits per heavy atom. The number of amides is 1. The molecular formula is C31H30F3NO7. The van der Waals surface area contributed by atoms with Gasteiger partial charge in [0.25, 0.3) is 0 Å². The molecule has 3 aliphatic carbocycles. The molecule has 4 fully saturated rings. The molecule has 2 aromatic rings. The topological polar surface area (TPSA) is 133 Å². The molecule has 5 aliphatic rings. The van der Waals surface area contributed by atoms with Gasteiger partial charge in [-0.25, -0.2) is 4.79 Å². The lowest BCUT2D eigenvalue weighted by molar-refractivity contribution is -0.168. The Bertz CT molecular complexity index is 1570. The molecule has 0 radical (unpaired) electrons. The van der Waals surface area contributed by atoms with E-state index in [1.807, 2.05) is 13.0 Å². The zero-order chi connectivity index (χ0) is 30.4. The molecule has 8 nitrogen and oxygen atoms in total. The van der Waals surface area contributed by atoms with Crippen molar-refractivity contribution >= 4 is 28.9 Å². The van der Waals surface area contributed by atoms with Crippen molar-refractivity contribution in [3.8, 4) is 11.5 Å². The minimum atomic E-state index is -4.59. The lowest BCUT2D eigenvalue weighted by Gasteiger charge is -2.56. The number of aromatic carboxylic acids is 1. The molecule has 2 saturated carbocycles. The molecule has 1 spiro atoms. The maximum atomic E-state index is 14.3. The third kappa shape index (κ3) is 4.11. The van der Waals surface area contributed by atoms with Gasteiger partial charge in [0.1, 0.15) is 17.0 Å². The molecular weight excluding hydrogens is 555 g/mol. The molecule has 1 amide bonds. The number of phenolic OH excluding ortho intramolecular Hbond substituents is 1. The number of ether oxygens (including phenoxy) is 1. The standard InChI is InChI=1S/C31H30F3NO7/c1-28(9-8-22(37)35-23-20(36)7-6-18(24(23)38)27(40)41)25-21-11-17-12-30(25,14-29(17,2)42-21)13-19(26(28)39)15-4-3-5-16(10-15)31(32,33)34/h3-7,10,13,17,21,25,36,38H,8-9,11-12,14H2,1-2H3,(H,35,37)(H,40,41)/t17-,21-,25-,28-,29-,30+/m0/s1. The highest BCUT2D eigenvalue weighted by atomic mass is 19.4. The summed E-state index contributed by atoms with van der Waals surface area (Å²) in [5.41, 5.74) is -3.51. The Balaban J connectivity index is 1.35. The lowest BCUT2D eigenvalue weighted by Crippen LogP contribution is -2.57. The van der Waals surface area contributed by atoms with Crippen LogP contribution in [0.3, 0.4) is 0 Å². The number of allylic oxidation sites excluding steroid dienone is 2. The number of Topliss-reactive ketones (excluding diaryl/α,β-unsaturated/α-hetero) is 1. The predicted molar refractivity (Wildman–Crippen MR) is 144 cm³/mol. The molecule has 6 atom stereocenters. The van der Waals surface area contributed by atoms with E-state index in [4.69, 9.17) is 4.74 Å². The first-order valence-electron chi connectivity index (χ1n) is 13.8. The van der Waals surface area contributed by atoms with Crippen molar-refractivity contribution in [3.05, 3.63) is 59.2 Å². The van der Waals surface area contributed by atoms with Gasteiger partial charge in [0.15, 0.2) is 11.5 Å². The van der Waals surface area contributed by atoms with E-state index in [0.29, 0.717) is 6.42 Å². The monoisotopic (exact) mass is 585 g/mol. The Kier molecular flexibility index (Phi) is 6.10. The van der Waals surface area contributed by atoms with Gasteiger partial charge in [-0.3, -0.25) is 9.59 Å². The molecule has 11 heteroatoms. The summed E-state index contributed by atoms with van der Waals surface area (Å²) in [6, 6.07) is 6.76. The highest BCUT2D eigenvalue weighted by molar-refractivity contribution is 6.24. The third-order valence-electron chi connectivity index (χ3n) is 10.0. The summed E-state index contributed by atoms with van der Waals surface area (Å²) in [4.78, 5) is 38.8. The lowest BCUT2D eigenvalue weighted by atomic mass is 9.49. The number of anilines is 1.